The zero-order chi connectivity index (χ0) is 20.9. The van der Waals surface area contributed by atoms with Crippen LogP contribution in [0.2, 0.25) is 0 Å². The van der Waals surface area contributed by atoms with Crippen LogP contribution < -0.4 is 10.2 Å². The Morgan fingerprint density at radius 3 is 2.77 bits per heavy atom. The Kier molecular flexibility index (Phi) is 6.11. The molecule has 7 nitrogen and oxygen atoms in total. The molecule has 1 unspecified atom stereocenters. The molecule has 0 radical (unpaired) electrons. The fourth-order valence-corrected chi connectivity index (χ4v) is 3.33. The van der Waals surface area contributed by atoms with Crippen LogP contribution in [0.5, 0.6) is 5.75 Å². The Labute approximate surface area is 175 Å². The third-order valence-electron chi connectivity index (χ3n) is 5.02. The van der Waals surface area contributed by atoms with Gasteiger partial charge in [0.15, 0.2) is 6.29 Å². The van der Waals surface area contributed by atoms with E-state index in [-0.39, 0.29) is 5.91 Å². The third kappa shape index (κ3) is 4.53. The zero-order valence-electron chi connectivity index (χ0n) is 17.1. The first-order valence-corrected chi connectivity index (χ1v) is 10.0. The molecule has 0 aliphatic carbocycles. The highest BCUT2D eigenvalue weighted by molar-refractivity contribution is 5.99. The molecule has 156 valence electrons. The van der Waals surface area contributed by atoms with E-state index in [2.05, 4.69) is 10.6 Å². The number of hydrogen-bond donors (Lipinski definition) is 1. The van der Waals surface area contributed by atoms with Crippen molar-refractivity contribution in [1.29, 1.82) is 0 Å². The Hall–Kier alpha value is -3.16. The van der Waals surface area contributed by atoms with Crippen molar-refractivity contribution in [3.05, 3.63) is 65.9 Å². The minimum Gasteiger partial charge on any atom is -0.497 e. The molecule has 1 fully saturated rings. The number of hydrogen-bond acceptors (Lipinski definition) is 5. The highest BCUT2D eigenvalue weighted by Gasteiger charge is 2.22. The van der Waals surface area contributed by atoms with Gasteiger partial charge in [-0.2, -0.15) is 5.10 Å². The molecule has 0 bridgehead atoms. The lowest BCUT2D eigenvalue weighted by atomic mass is 10.1. The smallest absolute Gasteiger partial charge is 0.278 e. The van der Waals surface area contributed by atoms with Crippen LogP contribution in [0.25, 0.3) is 16.9 Å². The van der Waals surface area contributed by atoms with Gasteiger partial charge in [0.05, 0.1) is 18.4 Å². The Bertz CT molecular complexity index is 1010. The fraction of sp³-hybridized carbons (Fsp3) is 0.304. The van der Waals surface area contributed by atoms with Crippen LogP contribution in [0.3, 0.4) is 0 Å². The molecule has 2 heterocycles. The number of ether oxygens (including phenoxy) is 2. The summed E-state index contributed by atoms with van der Waals surface area (Å²) in [6.45, 7) is 2.67. The number of benzene rings is 2. The van der Waals surface area contributed by atoms with Gasteiger partial charge in [0.25, 0.3) is 5.91 Å². The van der Waals surface area contributed by atoms with E-state index in [1.807, 2.05) is 55.5 Å². The van der Waals surface area contributed by atoms with Crippen LogP contribution in [-0.4, -0.2) is 35.7 Å². The topological polar surface area (TPSA) is 74.6 Å². The van der Waals surface area contributed by atoms with Crippen molar-refractivity contribution in [2.75, 3.05) is 13.7 Å². The number of aryl methyl sites for hydroxylation is 1. The van der Waals surface area contributed by atoms with Gasteiger partial charge in [-0.05, 0) is 44.0 Å². The van der Waals surface area contributed by atoms with Gasteiger partial charge in [0.2, 0.25) is 0 Å². The highest BCUT2D eigenvalue weighted by atomic mass is 16.8. The van der Waals surface area contributed by atoms with Crippen molar-refractivity contribution in [1.82, 2.24) is 15.3 Å². The molecule has 7 heteroatoms. The van der Waals surface area contributed by atoms with Crippen molar-refractivity contribution in [3.63, 3.8) is 0 Å². The molecule has 0 saturated carbocycles. The van der Waals surface area contributed by atoms with Crippen LogP contribution in [0.15, 0.2) is 54.7 Å². The van der Waals surface area contributed by atoms with E-state index in [1.54, 1.807) is 18.0 Å². The predicted molar refractivity (Wildman–Crippen MR) is 112 cm³/mol. The summed E-state index contributed by atoms with van der Waals surface area (Å²) >= 11 is 0. The van der Waals surface area contributed by atoms with Gasteiger partial charge in [-0.25, -0.2) is 15.0 Å². The summed E-state index contributed by atoms with van der Waals surface area (Å²) in [7, 11) is 1.61. The van der Waals surface area contributed by atoms with E-state index in [0.29, 0.717) is 23.6 Å². The number of carbonyl (C=O) groups excluding carboxylic acids is 1. The van der Waals surface area contributed by atoms with E-state index < -0.39 is 6.29 Å². The Balaban J connectivity index is 1.65. The standard InChI is InChI=1S/C23H25N3O4/c1-16-9-11-18(12-10-16)26-15-20(23(27)25-30-21-8-3-4-13-29-21)22(24-26)17-6-5-7-19(14-17)28-2/h5-7,9-12,14-15,21H,3-4,8,13H2,1-2H3,(H,25,27). The number of hydroxylamine groups is 1. The van der Waals surface area contributed by atoms with Crippen LogP contribution >= 0.6 is 0 Å². The monoisotopic (exact) mass is 407 g/mol. The van der Waals surface area contributed by atoms with Crippen molar-refractivity contribution in [2.24, 2.45) is 0 Å². The van der Waals surface area contributed by atoms with Gasteiger partial charge in [0.1, 0.15) is 11.4 Å². The lowest BCUT2D eigenvalue weighted by Gasteiger charge is -2.22. The van der Waals surface area contributed by atoms with E-state index >= 15 is 0 Å². The number of nitrogens with zero attached hydrogens (tertiary/aromatic N) is 2. The van der Waals surface area contributed by atoms with E-state index in [4.69, 9.17) is 14.3 Å². The SMILES string of the molecule is COc1cccc(-c2nn(-c3ccc(C)cc3)cc2C(=O)NOC2CCCCO2)c1. The molecule has 1 saturated heterocycles. The molecular weight excluding hydrogens is 382 g/mol. The number of aromatic nitrogens is 2. The van der Waals surface area contributed by atoms with Gasteiger partial charge >= 0.3 is 0 Å². The fourth-order valence-electron chi connectivity index (χ4n) is 3.33. The normalized spacial score (nSPS) is 16.3. The van der Waals surface area contributed by atoms with Gasteiger partial charge in [-0.1, -0.05) is 29.8 Å². The first kappa shape index (κ1) is 20.1. The van der Waals surface area contributed by atoms with Crippen LogP contribution in [0, 0.1) is 6.92 Å². The molecule has 1 atom stereocenters. The predicted octanol–water partition coefficient (Wildman–Crippen LogP) is 4.04. The second kappa shape index (κ2) is 9.11. The molecule has 1 aromatic heterocycles. The molecule has 0 spiro atoms. The van der Waals surface area contributed by atoms with Crippen molar-refractivity contribution >= 4 is 5.91 Å². The Morgan fingerprint density at radius 2 is 2.03 bits per heavy atom. The van der Waals surface area contributed by atoms with Crippen molar-refractivity contribution in [2.45, 2.75) is 32.5 Å². The summed E-state index contributed by atoms with van der Waals surface area (Å²) in [6, 6.07) is 15.4. The van der Waals surface area contributed by atoms with Crippen molar-refractivity contribution < 1.29 is 19.1 Å². The average Bonchev–Trinajstić information content (AvgIpc) is 3.24. The molecule has 1 N–H and O–H groups in total. The summed E-state index contributed by atoms with van der Waals surface area (Å²) in [5.41, 5.74) is 6.27. The first-order valence-electron chi connectivity index (χ1n) is 10.0. The number of rotatable bonds is 6. The quantitative estimate of drug-likeness (QED) is 0.624. The maximum atomic E-state index is 13.0. The zero-order valence-corrected chi connectivity index (χ0v) is 17.1. The molecule has 30 heavy (non-hydrogen) atoms. The molecule has 1 aliphatic rings. The van der Waals surface area contributed by atoms with Gasteiger partial charge in [0, 0.05) is 24.8 Å². The summed E-state index contributed by atoms with van der Waals surface area (Å²) in [6.07, 6.45) is 4.07. The average molecular weight is 407 g/mol. The second-order valence-corrected chi connectivity index (χ2v) is 7.25. The number of carbonyl (C=O) groups is 1. The molecule has 4 rings (SSSR count). The van der Waals surface area contributed by atoms with E-state index in [9.17, 15) is 4.79 Å². The third-order valence-corrected chi connectivity index (χ3v) is 5.02. The number of amides is 1. The van der Waals surface area contributed by atoms with Gasteiger partial charge < -0.3 is 9.47 Å². The van der Waals surface area contributed by atoms with Crippen LogP contribution in [0.4, 0.5) is 0 Å². The molecule has 1 amide bonds. The molecule has 1 aliphatic heterocycles. The highest BCUT2D eigenvalue weighted by Crippen LogP contribution is 2.27. The minimum atomic E-state index is -0.421. The number of methoxy groups -OCH3 is 1. The summed E-state index contributed by atoms with van der Waals surface area (Å²) in [4.78, 5) is 18.4. The van der Waals surface area contributed by atoms with E-state index in [0.717, 1.165) is 36.1 Å². The number of nitrogens with one attached hydrogen (secondary N) is 1. The maximum absolute atomic E-state index is 13.0. The summed E-state index contributed by atoms with van der Waals surface area (Å²) in [5.74, 6) is 0.316. The molecular formula is C23H25N3O4. The van der Waals surface area contributed by atoms with E-state index in [1.165, 1.54) is 0 Å². The molecule has 2 aromatic carbocycles. The van der Waals surface area contributed by atoms with Crippen molar-refractivity contribution in [3.8, 4) is 22.7 Å². The Morgan fingerprint density at radius 1 is 1.20 bits per heavy atom. The lowest BCUT2D eigenvalue weighted by molar-refractivity contribution is -0.186. The minimum absolute atomic E-state index is 0.375. The summed E-state index contributed by atoms with van der Waals surface area (Å²) < 4.78 is 12.5. The lowest BCUT2D eigenvalue weighted by Crippen LogP contribution is -2.33. The van der Waals surface area contributed by atoms with Gasteiger partial charge in [-0.15, -0.1) is 0 Å². The second-order valence-electron chi connectivity index (χ2n) is 7.25. The molecule has 3 aromatic rings. The van der Waals surface area contributed by atoms with Crippen LogP contribution in [-0.2, 0) is 9.57 Å². The van der Waals surface area contributed by atoms with Crippen LogP contribution in [0.1, 0.15) is 35.2 Å². The first-order chi connectivity index (χ1) is 14.6. The summed E-state index contributed by atoms with van der Waals surface area (Å²) in [5, 5.41) is 4.69. The largest absolute Gasteiger partial charge is 0.497 e. The maximum Gasteiger partial charge on any atom is 0.278 e. The van der Waals surface area contributed by atoms with Gasteiger partial charge in [-0.3, -0.25) is 4.79 Å².